The maximum atomic E-state index is 13.3. The number of rotatable bonds is 5. The number of carbonyl (C=O) groups excluding carboxylic acids is 1. The largest absolute Gasteiger partial charge is 0.494 e. The van der Waals surface area contributed by atoms with Crippen LogP contribution in [0.4, 0.5) is 0 Å². The first kappa shape index (κ1) is 20.4. The second-order valence-electron chi connectivity index (χ2n) is 6.91. The number of ether oxygens (including phenoxy) is 2. The molecule has 1 aliphatic heterocycles. The van der Waals surface area contributed by atoms with Crippen LogP contribution in [-0.4, -0.2) is 40.5 Å². The fourth-order valence-corrected chi connectivity index (χ4v) is 3.72. The van der Waals surface area contributed by atoms with Crippen molar-refractivity contribution in [2.24, 2.45) is 0 Å². The van der Waals surface area contributed by atoms with Crippen LogP contribution in [0.5, 0.6) is 11.8 Å². The predicted octanol–water partition coefficient (Wildman–Crippen LogP) is 4.44. The summed E-state index contributed by atoms with van der Waals surface area (Å²) in [7, 11) is 1.55. The molecule has 1 aromatic heterocycles. The number of fused-ring (bicyclic) bond motifs is 1. The highest BCUT2D eigenvalue weighted by atomic mass is 35.5. The molecule has 4 rings (SSSR count). The molecule has 1 atom stereocenters. The van der Waals surface area contributed by atoms with Crippen LogP contribution >= 0.6 is 23.2 Å². The van der Waals surface area contributed by atoms with Crippen LogP contribution in [0.2, 0.25) is 10.0 Å². The van der Waals surface area contributed by atoms with Crippen molar-refractivity contribution in [3.05, 3.63) is 81.6 Å². The highest BCUT2D eigenvalue weighted by Crippen LogP contribution is 2.28. The third-order valence-electron chi connectivity index (χ3n) is 5.03. The van der Waals surface area contributed by atoms with Crippen LogP contribution in [0.3, 0.4) is 0 Å². The Morgan fingerprint density at radius 1 is 1.10 bits per heavy atom. The van der Waals surface area contributed by atoms with Crippen molar-refractivity contribution in [1.29, 1.82) is 0 Å². The van der Waals surface area contributed by atoms with Gasteiger partial charge in [-0.1, -0.05) is 47.5 Å². The van der Waals surface area contributed by atoms with E-state index in [2.05, 4.69) is 16.0 Å². The third kappa shape index (κ3) is 4.35. The number of methoxy groups -OCH3 is 1. The molecular weight excluding hydrogens is 425 g/mol. The van der Waals surface area contributed by atoms with Gasteiger partial charge in [-0.15, -0.1) is 0 Å². The number of carbonyl (C=O) groups is 1. The molecule has 0 saturated carbocycles. The van der Waals surface area contributed by atoms with Gasteiger partial charge in [-0.3, -0.25) is 4.79 Å². The topological polar surface area (TPSA) is 64.6 Å². The number of benzene rings is 2. The SMILES string of the molecule is COc1cnc(OCC2Cc3ccccc3CN2C(=O)c2ccc(Cl)c(Cl)c2)nc1. The molecule has 30 heavy (non-hydrogen) atoms. The molecule has 0 fully saturated rings. The van der Waals surface area contributed by atoms with E-state index >= 15 is 0 Å². The molecule has 1 aliphatic rings. The molecule has 0 bridgehead atoms. The van der Waals surface area contributed by atoms with Gasteiger partial charge in [0.25, 0.3) is 5.91 Å². The van der Waals surface area contributed by atoms with Crippen LogP contribution in [-0.2, 0) is 13.0 Å². The van der Waals surface area contributed by atoms with Gasteiger partial charge in [0.15, 0.2) is 5.75 Å². The van der Waals surface area contributed by atoms with Crippen molar-refractivity contribution in [3.63, 3.8) is 0 Å². The van der Waals surface area contributed by atoms with Crippen LogP contribution < -0.4 is 9.47 Å². The van der Waals surface area contributed by atoms with Crippen LogP contribution in [0, 0.1) is 0 Å². The van der Waals surface area contributed by atoms with Crippen LogP contribution in [0.25, 0.3) is 0 Å². The lowest BCUT2D eigenvalue weighted by atomic mass is 9.93. The van der Waals surface area contributed by atoms with Crippen molar-refractivity contribution in [1.82, 2.24) is 14.9 Å². The van der Waals surface area contributed by atoms with Gasteiger partial charge in [0, 0.05) is 12.1 Å². The van der Waals surface area contributed by atoms with Crippen molar-refractivity contribution < 1.29 is 14.3 Å². The quantitative estimate of drug-likeness (QED) is 0.583. The van der Waals surface area contributed by atoms with Gasteiger partial charge in [0.2, 0.25) is 0 Å². The van der Waals surface area contributed by atoms with E-state index in [1.807, 2.05) is 18.2 Å². The van der Waals surface area contributed by atoms with E-state index in [4.69, 9.17) is 32.7 Å². The van der Waals surface area contributed by atoms with Crippen molar-refractivity contribution in [2.75, 3.05) is 13.7 Å². The highest BCUT2D eigenvalue weighted by molar-refractivity contribution is 6.42. The zero-order valence-corrected chi connectivity index (χ0v) is 17.7. The average Bonchev–Trinajstić information content (AvgIpc) is 2.78. The van der Waals surface area contributed by atoms with E-state index < -0.39 is 0 Å². The summed E-state index contributed by atoms with van der Waals surface area (Å²) < 4.78 is 10.9. The van der Waals surface area contributed by atoms with Gasteiger partial charge in [0.1, 0.15) is 6.61 Å². The molecule has 2 heterocycles. The molecule has 8 heteroatoms. The van der Waals surface area contributed by atoms with E-state index in [9.17, 15) is 4.79 Å². The highest BCUT2D eigenvalue weighted by Gasteiger charge is 2.31. The molecule has 0 spiro atoms. The fourth-order valence-electron chi connectivity index (χ4n) is 3.42. The van der Waals surface area contributed by atoms with Gasteiger partial charge >= 0.3 is 6.01 Å². The van der Waals surface area contributed by atoms with E-state index in [1.165, 1.54) is 18.0 Å². The summed E-state index contributed by atoms with van der Waals surface area (Å²) >= 11 is 12.1. The zero-order valence-electron chi connectivity index (χ0n) is 16.2. The van der Waals surface area contributed by atoms with Crippen molar-refractivity contribution >= 4 is 29.1 Å². The number of amides is 1. The number of aromatic nitrogens is 2. The molecule has 2 aromatic carbocycles. The van der Waals surface area contributed by atoms with Crippen LogP contribution in [0.1, 0.15) is 21.5 Å². The Hall–Kier alpha value is -2.83. The Balaban J connectivity index is 1.57. The number of hydrogen-bond donors (Lipinski definition) is 0. The lowest BCUT2D eigenvalue weighted by molar-refractivity contribution is 0.0558. The van der Waals surface area contributed by atoms with E-state index in [-0.39, 0.29) is 24.6 Å². The Bertz CT molecular complexity index is 1060. The summed E-state index contributed by atoms with van der Waals surface area (Å²) in [5.74, 6) is 0.415. The second kappa shape index (κ2) is 8.90. The first-order valence-corrected chi connectivity index (χ1v) is 10.1. The Morgan fingerprint density at radius 2 is 1.83 bits per heavy atom. The Labute approximate surface area is 184 Å². The van der Waals surface area contributed by atoms with Gasteiger partial charge in [-0.2, -0.15) is 9.97 Å². The molecule has 0 saturated heterocycles. The molecule has 0 N–H and O–H groups in total. The molecule has 154 valence electrons. The summed E-state index contributed by atoms with van der Waals surface area (Å²) in [4.78, 5) is 23.4. The Kier molecular flexibility index (Phi) is 6.06. The summed E-state index contributed by atoms with van der Waals surface area (Å²) in [6.45, 7) is 0.737. The molecule has 1 unspecified atom stereocenters. The normalized spacial score (nSPS) is 15.4. The summed E-state index contributed by atoms with van der Waals surface area (Å²) in [6.07, 6.45) is 3.74. The summed E-state index contributed by atoms with van der Waals surface area (Å²) in [6, 6.07) is 13.0. The molecule has 0 radical (unpaired) electrons. The molecule has 0 aliphatic carbocycles. The first-order valence-electron chi connectivity index (χ1n) is 9.37. The Morgan fingerprint density at radius 3 is 2.53 bits per heavy atom. The summed E-state index contributed by atoms with van der Waals surface area (Å²) in [5, 5.41) is 0.758. The van der Waals surface area contributed by atoms with Crippen molar-refractivity contribution in [2.45, 2.75) is 19.0 Å². The second-order valence-corrected chi connectivity index (χ2v) is 7.72. The smallest absolute Gasteiger partial charge is 0.316 e. The van der Waals surface area contributed by atoms with Gasteiger partial charge < -0.3 is 14.4 Å². The van der Waals surface area contributed by atoms with Gasteiger partial charge in [-0.25, -0.2) is 0 Å². The minimum Gasteiger partial charge on any atom is -0.494 e. The first-order chi connectivity index (χ1) is 14.5. The monoisotopic (exact) mass is 443 g/mol. The number of halogens is 2. The van der Waals surface area contributed by atoms with Gasteiger partial charge in [-0.05, 0) is 35.7 Å². The fraction of sp³-hybridized carbons (Fsp3) is 0.227. The average molecular weight is 444 g/mol. The van der Waals surface area contributed by atoms with E-state index in [1.54, 1.807) is 30.2 Å². The maximum Gasteiger partial charge on any atom is 0.316 e. The lowest BCUT2D eigenvalue weighted by Gasteiger charge is -2.36. The van der Waals surface area contributed by atoms with E-state index in [0.717, 1.165) is 5.56 Å². The molecule has 3 aromatic rings. The summed E-state index contributed by atoms with van der Waals surface area (Å²) in [5.41, 5.74) is 2.79. The molecule has 1 amide bonds. The minimum absolute atomic E-state index is 0.132. The maximum absolute atomic E-state index is 13.3. The molecule has 6 nitrogen and oxygen atoms in total. The lowest BCUT2D eigenvalue weighted by Crippen LogP contribution is -2.47. The standard InChI is InChI=1S/C22H19Cl2N3O3/c1-29-18-10-25-22(26-11-18)30-13-17-8-14-4-2-3-5-16(14)12-27(17)21(28)15-6-7-19(23)20(24)9-15/h2-7,9-11,17H,8,12-13H2,1H3. The van der Waals surface area contributed by atoms with E-state index in [0.29, 0.717) is 34.3 Å². The van der Waals surface area contributed by atoms with Crippen molar-refractivity contribution in [3.8, 4) is 11.8 Å². The molecular formula is C22H19Cl2N3O3. The predicted molar refractivity (Wildman–Crippen MR) is 114 cm³/mol. The third-order valence-corrected chi connectivity index (χ3v) is 5.77. The van der Waals surface area contributed by atoms with Crippen LogP contribution in [0.15, 0.2) is 54.9 Å². The minimum atomic E-state index is -0.187. The number of nitrogens with zero attached hydrogens (tertiary/aromatic N) is 3. The zero-order chi connectivity index (χ0) is 21.1. The number of hydrogen-bond acceptors (Lipinski definition) is 5. The van der Waals surface area contributed by atoms with Gasteiger partial charge in [0.05, 0.1) is 35.6 Å².